The molecular formula is C32H45N5O4S. The van der Waals surface area contributed by atoms with Gasteiger partial charge in [-0.2, -0.15) is 0 Å². The summed E-state index contributed by atoms with van der Waals surface area (Å²) < 4.78 is 17.3. The molecule has 0 bridgehead atoms. The Balaban J connectivity index is 1.21. The van der Waals surface area contributed by atoms with Crippen LogP contribution in [0.25, 0.3) is 11.3 Å². The highest BCUT2D eigenvalue weighted by atomic mass is 32.1. The van der Waals surface area contributed by atoms with Crippen LogP contribution in [-0.4, -0.2) is 80.6 Å². The predicted octanol–water partition coefficient (Wildman–Crippen LogP) is 5.50. The monoisotopic (exact) mass is 595 g/mol. The van der Waals surface area contributed by atoms with Gasteiger partial charge in [0.15, 0.2) is 11.0 Å². The van der Waals surface area contributed by atoms with Crippen LogP contribution in [0.15, 0.2) is 53.7 Å². The molecular weight excluding hydrogens is 550 g/mol. The van der Waals surface area contributed by atoms with Gasteiger partial charge in [-0.25, -0.2) is 4.98 Å². The zero-order valence-corrected chi connectivity index (χ0v) is 25.9. The first-order chi connectivity index (χ1) is 20.4. The van der Waals surface area contributed by atoms with Crippen LogP contribution in [0.5, 0.6) is 11.5 Å². The molecule has 1 aromatic heterocycles. The lowest BCUT2D eigenvalue weighted by Gasteiger charge is -2.28. The van der Waals surface area contributed by atoms with Crippen molar-refractivity contribution in [3.05, 3.63) is 59.0 Å². The van der Waals surface area contributed by atoms with Gasteiger partial charge in [0, 0.05) is 49.2 Å². The summed E-state index contributed by atoms with van der Waals surface area (Å²) in [6.07, 6.45) is 3.93. The molecule has 2 heterocycles. The number of amidine groups is 1. The van der Waals surface area contributed by atoms with Crippen molar-refractivity contribution in [2.24, 2.45) is 16.8 Å². The fourth-order valence-electron chi connectivity index (χ4n) is 4.70. The normalized spacial score (nSPS) is 14.3. The van der Waals surface area contributed by atoms with Crippen LogP contribution in [0.2, 0.25) is 0 Å². The van der Waals surface area contributed by atoms with Crippen LogP contribution in [0.1, 0.15) is 43.6 Å². The van der Waals surface area contributed by atoms with Crippen LogP contribution in [0, 0.1) is 5.92 Å². The van der Waals surface area contributed by atoms with Crippen molar-refractivity contribution in [3.8, 4) is 22.8 Å². The van der Waals surface area contributed by atoms with Crippen molar-refractivity contribution in [1.29, 1.82) is 0 Å². The number of thiazole rings is 1. The largest absolute Gasteiger partial charge is 0.494 e. The van der Waals surface area contributed by atoms with Crippen molar-refractivity contribution < 1.29 is 19.4 Å². The van der Waals surface area contributed by atoms with E-state index in [2.05, 4.69) is 60.1 Å². The molecule has 3 N–H and O–H groups in total. The maximum absolute atomic E-state index is 8.75. The zero-order valence-electron chi connectivity index (χ0n) is 25.1. The smallest absolute Gasteiger partial charge is 0.185 e. The number of hydrogen-bond acceptors (Lipinski definition) is 9. The van der Waals surface area contributed by atoms with Gasteiger partial charge < -0.3 is 30.1 Å². The van der Waals surface area contributed by atoms with Crippen molar-refractivity contribution in [3.63, 3.8) is 0 Å². The molecule has 2 aromatic carbocycles. The Morgan fingerprint density at radius 3 is 2.24 bits per heavy atom. The number of nitrogens with zero attached hydrogens (tertiary/aromatic N) is 4. The number of rotatable bonds is 16. The maximum atomic E-state index is 8.75. The van der Waals surface area contributed by atoms with Crippen LogP contribution < -0.4 is 20.1 Å². The molecule has 9 nitrogen and oxygen atoms in total. The van der Waals surface area contributed by atoms with E-state index in [1.54, 1.807) is 12.1 Å². The van der Waals surface area contributed by atoms with E-state index in [0.29, 0.717) is 24.7 Å². The topological polar surface area (TPSA) is 106 Å². The Labute approximate surface area is 253 Å². The Bertz CT molecular complexity index is 1240. The Kier molecular flexibility index (Phi) is 12.3. The van der Waals surface area contributed by atoms with E-state index in [1.165, 1.54) is 4.88 Å². The summed E-state index contributed by atoms with van der Waals surface area (Å²) in [5.74, 6) is 2.30. The number of oxime groups is 1. The molecule has 1 aliphatic heterocycles. The standard InChI is InChI=1S/C32H45N5O4S/c1-24(2)23-29-30(34-32(42-29)36(3)15-16-37-17-21-39-22-18-37)25-7-11-27(12-8-25)40-19-5-4-6-20-41-28-13-9-26(10-14-28)31(33)35-38/h7-14,24,38H,4-6,15-23H2,1-3H3,(H2,33,35). The summed E-state index contributed by atoms with van der Waals surface area (Å²) in [5.41, 5.74) is 8.48. The molecule has 0 spiro atoms. The van der Waals surface area contributed by atoms with Crippen LogP contribution >= 0.6 is 11.3 Å². The number of hydrogen-bond donors (Lipinski definition) is 2. The van der Waals surface area contributed by atoms with Gasteiger partial charge in [0.25, 0.3) is 0 Å². The van der Waals surface area contributed by atoms with E-state index in [0.717, 1.165) is 93.0 Å². The number of nitrogens with two attached hydrogens (primary N) is 1. The lowest BCUT2D eigenvalue weighted by molar-refractivity contribution is 0.0393. The van der Waals surface area contributed by atoms with Crippen molar-refractivity contribution in [2.75, 3.05) is 64.6 Å². The van der Waals surface area contributed by atoms with Gasteiger partial charge in [-0.15, -0.1) is 11.3 Å². The molecule has 0 unspecified atom stereocenters. The van der Waals surface area contributed by atoms with E-state index >= 15 is 0 Å². The maximum Gasteiger partial charge on any atom is 0.185 e. The summed E-state index contributed by atoms with van der Waals surface area (Å²) in [5, 5.41) is 12.8. The molecule has 0 amide bonds. The number of unbranched alkanes of at least 4 members (excludes halogenated alkanes) is 2. The quantitative estimate of drug-likeness (QED) is 0.0736. The molecule has 1 fully saturated rings. The minimum absolute atomic E-state index is 0.0860. The molecule has 42 heavy (non-hydrogen) atoms. The average Bonchev–Trinajstić information content (AvgIpc) is 3.43. The molecule has 1 aliphatic rings. The summed E-state index contributed by atoms with van der Waals surface area (Å²) in [6, 6.07) is 15.6. The molecule has 3 aromatic rings. The number of likely N-dealkylation sites (N-methyl/N-ethyl adjacent to an activating group) is 1. The first-order valence-electron chi connectivity index (χ1n) is 14.9. The lowest BCUT2D eigenvalue weighted by Crippen LogP contribution is -2.40. The lowest BCUT2D eigenvalue weighted by atomic mass is 10.0. The van der Waals surface area contributed by atoms with Gasteiger partial charge in [0.1, 0.15) is 11.5 Å². The van der Waals surface area contributed by atoms with Crippen LogP contribution in [0.3, 0.4) is 0 Å². The Morgan fingerprint density at radius 2 is 1.64 bits per heavy atom. The number of aromatic nitrogens is 1. The van der Waals surface area contributed by atoms with E-state index in [4.69, 9.17) is 30.1 Å². The Morgan fingerprint density at radius 1 is 1.02 bits per heavy atom. The highest BCUT2D eigenvalue weighted by Crippen LogP contribution is 2.35. The van der Waals surface area contributed by atoms with E-state index < -0.39 is 0 Å². The molecule has 0 aliphatic carbocycles. The molecule has 1 saturated heterocycles. The third kappa shape index (κ3) is 9.61. The first-order valence-corrected chi connectivity index (χ1v) is 15.7. The molecule has 4 rings (SSSR count). The molecule has 0 radical (unpaired) electrons. The molecule has 10 heteroatoms. The number of morpholine rings is 1. The third-order valence-electron chi connectivity index (χ3n) is 7.17. The molecule has 228 valence electrons. The fraction of sp³-hybridized carbons (Fsp3) is 0.500. The number of benzene rings is 2. The average molecular weight is 596 g/mol. The zero-order chi connectivity index (χ0) is 29.7. The highest BCUT2D eigenvalue weighted by molar-refractivity contribution is 7.16. The Hall–Kier alpha value is -3.34. The second-order valence-electron chi connectivity index (χ2n) is 11.0. The van der Waals surface area contributed by atoms with Crippen LogP contribution in [-0.2, 0) is 11.2 Å². The second kappa shape index (κ2) is 16.3. The van der Waals surface area contributed by atoms with Crippen molar-refractivity contribution in [1.82, 2.24) is 9.88 Å². The van der Waals surface area contributed by atoms with Gasteiger partial charge in [-0.3, -0.25) is 4.90 Å². The SMILES string of the molecule is CC(C)Cc1sc(N(C)CCN2CCOCC2)nc1-c1ccc(OCCCCCOc2ccc(C(N)=NO)cc2)cc1. The van der Waals surface area contributed by atoms with Gasteiger partial charge >= 0.3 is 0 Å². The molecule has 0 saturated carbocycles. The summed E-state index contributed by atoms with van der Waals surface area (Å²) in [7, 11) is 2.15. The summed E-state index contributed by atoms with van der Waals surface area (Å²) >= 11 is 1.82. The third-order valence-corrected chi connectivity index (χ3v) is 8.37. The first kappa shape index (κ1) is 31.6. The fourth-order valence-corrected chi connectivity index (χ4v) is 5.98. The highest BCUT2D eigenvalue weighted by Gasteiger charge is 2.18. The minimum atomic E-state index is 0.0860. The van der Waals surface area contributed by atoms with Crippen molar-refractivity contribution >= 4 is 22.3 Å². The van der Waals surface area contributed by atoms with Gasteiger partial charge in [-0.1, -0.05) is 19.0 Å². The van der Waals surface area contributed by atoms with Gasteiger partial charge in [0.05, 0.1) is 32.1 Å². The number of anilines is 1. The summed E-state index contributed by atoms with van der Waals surface area (Å²) in [6.45, 7) is 11.5. The van der Waals surface area contributed by atoms with E-state index in [-0.39, 0.29) is 5.84 Å². The second-order valence-corrected chi connectivity index (χ2v) is 12.1. The number of ether oxygens (including phenoxy) is 3. The van der Waals surface area contributed by atoms with Crippen LogP contribution in [0.4, 0.5) is 5.13 Å². The summed E-state index contributed by atoms with van der Waals surface area (Å²) in [4.78, 5) is 11.2. The van der Waals surface area contributed by atoms with Gasteiger partial charge in [0.2, 0.25) is 0 Å². The van der Waals surface area contributed by atoms with E-state index in [1.807, 2.05) is 23.5 Å². The predicted molar refractivity (Wildman–Crippen MR) is 170 cm³/mol. The molecule has 0 atom stereocenters. The van der Waals surface area contributed by atoms with Crippen molar-refractivity contribution in [2.45, 2.75) is 39.5 Å². The van der Waals surface area contributed by atoms with E-state index in [9.17, 15) is 0 Å². The minimum Gasteiger partial charge on any atom is -0.494 e. The van der Waals surface area contributed by atoms with Gasteiger partial charge in [-0.05, 0) is 80.1 Å².